The third kappa shape index (κ3) is 3.92. The highest BCUT2D eigenvalue weighted by Crippen LogP contribution is 2.22. The van der Waals surface area contributed by atoms with Crippen LogP contribution in [0.2, 0.25) is 0 Å². The maximum atomic E-state index is 11.6. The topological polar surface area (TPSA) is 58.8 Å². The Kier molecular flexibility index (Phi) is 4.97. The molecule has 0 unspecified atom stereocenters. The van der Waals surface area contributed by atoms with Crippen molar-refractivity contribution in [2.24, 2.45) is 0 Å². The van der Waals surface area contributed by atoms with Crippen molar-refractivity contribution < 1.29 is 9.53 Å². The van der Waals surface area contributed by atoms with E-state index in [1.807, 2.05) is 24.1 Å². The Balaban J connectivity index is 2.72. The molecule has 0 aliphatic heterocycles. The van der Waals surface area contributed by atoms with Crippen molar-refractivity contribution in [1.82, 2.24) is 9.80 Å². The van der Waals surface area contributed by atoms with Gasteiger partial charge in [-0.3, -0.25) is 9.69 Å². The predicted molar refractivity (Wildman–Crippen MR) is 72.4 cm³/mol. The summed E-state index contributed by atoms with van der Waals surface area (Å²) < 4.78 is 5.28. The molecule has 0 radical (unpaired) electrons. The van der Waals surface area contributed by atoms with Crippen LogP contribution in [0.1, 0.15) is 5.56 Å². The second-order valence-electron chi connectivity index (χ2n) is 4.53. The number of hydrogen-bond acceptors (Lipinski definition) is 4. The zero-order valence-electron chi connectivity index (χ0n) is 11.4. The van der Waals surface area contributed by atoms with Crippen molar-refractivity contribution >= 4 is 11.6 Å². The molecule has 0 saturated carbocycles. The summed E-state index contributed by atoms with van der Waals surface area (Å²) in [6.07, 6.45) is 0. The molecule has 5 nitrogen and oxygen atoms in total. The van der Waals surface area contributed by atoms with Crippen molar-refractivity contribution in [2.75, 3.05) is 40.5 Å². The van der Waals surface area contributed by atoms with Gasteiger partial charge in [0.25, 0.3) is 0 Å². The largest absolute Gasteiger partial charge is 0.496 e. The smallest absolute Gasteiger partial charge is 0.236 e. The van der Waals surface area contributed by atoms with E-state index in [2.05, 4.69) is 0 Å². The Morgan fingerprint density at radius 2 is 2.00 bits per heavy atom. The minimum atomic E-state index is 0.0698. The Morgan fingerprint density at radius 1 is 1.33 bits per heavy atom. The first-order valence-electron chi connectivity index (χ1n) is 5.75. The number of rotatable bonds is 5. The molecular formula is C13H21N3O2. The number of anilines is 1. The summed E-state index contributed by atoms with van der Waals surface area (Å²) in [5.41, 5.74) is 7.43. The monoisotopic (exact) mass is 251 g/mol. The van der Waals surface area contributed by atoms with Gasteiger partial charge in [-0.25, -0.2) is 0 Å². The van der Waals surface area contributed by atoms with Gasteiger partial charge in [-0.1, -0.05) is 0 Å². The number of nitrogens with two attached hydrogens (primary N) is 1. The second kappa shape index (κ2) is 6.26. The van der Waals surface area contributed by atoms with E-state index in [4.69, 9.17) is 10.5 Å². The van der Waals surface area contributed by atoms with Gasteiger partial charge in [0.15, 0.2) is 0 Å². The number of carbonyl (C=O) groups excluding carboxylic acids is 1. The summed E-state index contributed by atoms with van der Waals surface area (Å²) in [4.78, 5) is 15.1. The van der Waals surface area contributed by atoms with Crippen LogP contribution in [0.5, 0.6) is 5.75 Å². The number of amides is 1. The van der Waals surface area contributed by atoms with Crippen molar-refractivity contribution in [3.63, 3.8) is 0 Å². The number of carbonyl (C=O) groups is 1. The van der Waals surface area contributed by atoms with Crippen LogP contribution in [0, 0.1) is 0 Å². The molecule has 0 heterocycles. The lowest BCUT2D eigenvalue weighted by Gasteiger charge is -2.20. The van der Waals surface area contributed by atoms with Crippen molar-refractivity contribution in [3.05, 3.63) is 23.8 Å². The lowest BCUT2D eigenvalue weighted by molar-refractivity contribution is -0.129. The number of likely N-dealkylation sites (N-methyl/N-ethyl adjacent to an activating group) is 2. The van der Waals surface area contributed by atoms with Crippen LogP contribution in [0.3, 0.4) is 0 Å². The van der Waals surface area contributed by atoms with E-state index >= 15 is 0 Å². The van der Waals surface area contributed by atoms with Gasteiger partial charge in [0.2, 0.25) is 5.91 Å². The van der Waals surface area contributed by atoms with Gasteiger partial charge in [0.1, 0.15) is 5.75 Å². The summed E-state index contributed by atoms with van der Waals surface area (Å²) in [5.74, 6) is 0.855. The van der Waals surface area contributed by atoms with Crippen LogP contribution in [-0.2, 0) is 11.3 Å². The van der Waals surface area contributed by atoms with Gasteiger partial charge in [0.05, 0.1) is 13.7 Å². The highest BCUT2D eigenvalue weighted by Gasteiger charge is 2.11. The fraction of sp³-hybridized carbons (Fsp3) is 0.462. The maximum Gasteiger partial charge on any atom is 0.236 e. The third-order valence-corrected chi connectivity index (χ3v) is 2.65. The van der Waals surface area contributed by atoms with E-state index in [-0.39, 0.29) is 5.91 Å². The molecule has 1 amide bonds. The molecule has 2 N–H and O–H groups in total. The molecular weight excluding hydrogens is 230 g/mol. The molecule has 0 fully saturated rings. The summed E-state index contributed by atoms with van der Waals surface area (Å²) in [5, 5.41) is 0. The molecule has 1 aromatic carbocycles. The van der Waals surface area contributed by atoms with E-state index in [0.717, 1.165) is 11.3 Å². The van der Waals surface area contributed by atoms with Crippen molar-refractivity contribution in [3.8, 4) is 5.75 Å². The van der Waals surface area contributed by atoms with E-state index < -0.39 is 0 Å². The van der Waals surface area contributed by atoms with E-state index in [0.29, 0.717) is 18.8 Å². The average molecular weight is 251 g/mol. The van der Waals surface area contributed by atoms with E-state index in [1.165, 1.54) is 0 Å². The molecule has 18 heavy (non-hydrogen) atoms. The third-order valence-electron chi connectivity index (χ3n) is 2.65. The van der Waals surface area contributed by atoms with Crippen LogP contribution >= 0.6 is 0 Å². The minimum Gasteiger partial charge on any atom is -0.496 e. The SMILES string of the molecule is COc1ccc(N)cc1CN(C)CC(=O)N(C)C. The van der Waals surface area contributed by atoms with E-state index in [9.17, 15) is 4.79 Å². The van der Waals surface area contributed by atoms with E-state index in [1.54, 1.807) is 32.2 Å². The number of nitrogen functional groups attached to an aromatic ring is 1. The van der Waals surface area contributed by atoms with Gasteiger partial charge in [-0.05, 0) is 25.2 Å². The summed E-state index contributed by atoms with van der Waals surface area (Å²) >= 11 is 0. The summed E-state index contributed by atoms with van der Waals surface area (Å²) in [7, 11) is 7.01. The first-order valence-corrected chi connectivity index (χ1v) is 5.75. The fourth-order valence-electron chi connectivity index (χ4n) is 1.64. The normalized spacial score (nSPS) is 10.5. The number of methoxy groups -OCH3 is 1. The van der Waals surface area contributed by atoms with Crippen LogP contribution in [-0.4, -0.2) is 50.5 Å². The van der Waals surface area contributed by atoms with Crippen LogP contribution in [0.15, 0.2) is 18.2 Å². The highest BCUT2D eigenvalue weighted by molar-refractivity contribution is 5.77. The Labute approximate surface area is 108 Å². The molecule has 0 aromatic heterocycles. The Hall–Kier alpha value is -1.75. The molecule has 0 atom stereocenters. The molecule has 0 spiro atoms. The van der Waals surface area contributed by atoms with Gasteiger partial charge in [-0.2, -0.15) is 0 Å². The lowest BCUT2D eigenvalue weighted by atomic mass is 10.1. The summed E-state index contributed by atoms with van der Waals surface area (Å²) in [6, 6.07) is 5.51. The predicted octanol–water partition coefficient (Wildman–Crippen LogP) is 0.797. The van der Waals surface area contributed by atoms with Crippen molar-refractivity contribution in [2.45, 2.75) is 6.54 Å². The molecule has 1 rings (SSSR count). The molecule has 0 aliphatic rings. The average Bonchev–Trinajstić information content (AvgIpc) is 2.28. The number of benzene rings is 1. The number of ether oxygens (including phenoxy) is 1. The summed E-state index contributed by atoms with van der Waals surface area (Å²) in [6.45, 7) is 0.985. The van der Waals surface area contributed by atoms with Crippen LogP contribution in [0.4, 0.5) is 5.69 Å². The first kappa shape index (κ1) is 14.3. The number of nitrogens with zero attached hydrogens (tertiary/aromatic N) is 2. The second-order valence-corrected chi connectivity index (χ2v) is 4.53. The van der Waals surface area contributed by atoms with Gasteiger partial charge in [-0.15, -0.1) is 0 Å². The highest BCUT2D eigenvalue weighted by atomic mass is 16.5. The zero-order chi connectivity index (χ0) is 13.7. The molecule has 100 valence electrons. The first-order chi connectivity index (χ1) is 8.43. The molecule has 0 saturated heterocycles. The molecule has 0 bridgehead atoms. The fourth-order valence-corrected chi connectivity index (χ4v) is 1.64. The number of hydrogen-bond donors (Lipinski definition) is 1. The van der Waals surface area contributed by atoms with Gasteiger partial charge in [0, 0.05) is 31.9 Å². The maximum absolute atomic E-state index is 11.6. The Bertz CT molecular complexity index is 419. The molecule has 5 heteroatoms. The lowest BCUT2D eigenvalue weighted by Crippen LogP contribution is -2.34. The van der Waals surface area contributed by atoms with Crippen LogP contribution in [0.25, 0.3) is 0 Å². The van der Waals surface area contributed by atoms with Gasteiger partial charge >= 0.3 is 0 Å². The Morgan fingerprint density at radius 3 is 2.56 bits per heavy atom. The zero-order valence-corrected chi connectivity index (χ0v) is 11.4. The van der Waals surface area contributed by atoms with Crippen molar-refractivity contribution in [1.29, 1.82) is 0 Å². The standard InChI is InChI=1S/C13H21N3O2/c1-15(2)13(17)9-16(3)8-10-7-11(14)5-6-12(10)18-4/h5-7H,8-9,14H2,1-4H3. The quantitative estimate of drug-likeness (QED) is 0.786. The molecule has 0 aliphatic carbocycles. The van der Waals surface area contributed by atoms with Gasteiger partial charge < -0.3 is 15.4 Å². The molecule has 1 aromatic rings. The van der Waals surface area contributed by atoms with Crippen LogP contribution < -0.4 is 10.5 Å². The minimum absolute atomic E-state index is 0.0698.